The van der Waals surface area contributed by atoms with Gasteiger partial charge in [0.25, 0.3) is 0 Å². The van der Waals surface area contributed by atoms with Gasteiger partial charge in [-0.25, -0.2) is 0 Å². The van der Waals surface area contributed by atoms with E-state index >= 15 is 0 Å². The standard InChI is InChI=1S/C29H50O/c1-7-21(19(2)3)12-11-20(4)23-13-14-24-27-25(15-17-29(23,24)6)28(5)16-9-8-10-22(28)18-26(27)30/h19-25,27H,7-18H2,1-6H3/t20-,21-,22?,23-,24+,25+,27+,28+,29-/m1/s1. The Labute approximate surface area is 187 Å². The topological polar surface area (TPSA) is 17.1 Å². The summed E-state index contributed by atoms with van der Waals surface area (Å²) in [6.07, 6.45) is 16.0. The Bertz CT molecular complexity index is 622. The molecule has 0 amide bonds. The minimum Gasteiger partial charge on any atom is -0.299 e. The summed E-state index contributed by atoms with van der Waals surface area (Å²) in [6.45, 7) is 14.9. The molecule has 1 heteroatoms. The summed E-state index contributed by atoms with van der Waals surface area (Å²) >= 11 is 0. The van der Waals surface area contributed by atoms with Crippen molar-refractivity contribution in [2.75, 3.05) is 0 Å². The molecule has 4 aliphatic carbocycles. The molecule has 4 saturated carbocycles. The Morgan fingerprint density at radius 1 is 0.900 bits per heavy atom. The summed E-state index contributed by atoms with van der Waals surface area (Å²) in [6, 6.07) is 0. The van der Waals surface area contributed by atoms with Crippen molar-refractivity contribution in [3.63, 3.8) is 0 Å². The molecule has 172 valence electrons. The van der Waals surface area contributed by atoms with E-state index < -0.39 is 0 Å². The zero-order valence-electron chi connectivity index (χ0n) is 21.0. The molecule has 0 aromatic carbocycles. The summed E-state index contributed by atoms with van der Waals surface area (Å²) in [4.78, 5) is 13.5. The minimum absolute atomic E-state index is 0.402. The van der Waals surface area contributed by atoms with Crippen LogP contribution in [-0.2, 0) is 4.79 Å². The highest BCUT2D eigenvalue weighted by Crippen LogP contribution is 2.67. The van der Waals surface area contributed by atoms with E-state index in [1.807, 2.05) is 0 Å². The first-order valence-corrected chi connectivity index (χ1v) is 13.7. The Morgan fingerprint density at radius 2 is 1.63 bits per heavy atom. The first-order valence-electron chi connectivity index (χ1n) is 13.7. The molecule has 0 radical (unpaired) electrons. The van der Waals surface area contributed by atoms with Crippen LogP contribution in [-0.4, -0.2) is 5.78 Å². The maximum atomic E-state index is 13.5. The summed E-state index contributed by atoms with van der Waals surface area (Å²) in [5.74, 6) is 6.52. The average Bonchev–Trinajstić information content (AvgIpc) is 3.05. The maximum absolute atomic E-state index is 13.5. The first-order chi connectivity index (χ1) is 14.2. The second-order valence-electron chi connectivity index (χ2n) is 13.1. The second-order valence-corrected chi connectivity index (χ2v) is 13.1. The van der Waals surface area contributed by atoms with E-state index in [4.69, 9.17) is 0 Å². The number of carbonyl (C=O) groups is 1. The van der Waals surface area contributed by atoms with Crippen LogP contribution in [0, 0.1) is 58.2 Å². The molecule has 4 rings (SSSR count). The van der Waals surface area contributed by atoms with E-state index in [0.29, 0.717) is 40.3 Å². The number of fused-ring (bicyclic) bond motifs is 5. The predicted octanol–water partition coefficient (Wildman–Crippen LogP) is 8.31. The summed E-state index contributed by atoms with van der Waals surface area (Å²) in [5.41, 5.74) is 0.890. The number of Topliss-reactive ketones (excluding diaryl/α,β-unsaturated/α-hetero) is 1. The van der Waals surface area contributed by atoms with Crippen molar-refractivity contribution in [1.29, 1.82) is 0 Å². The number of hydrogen-bond donors (Lipinski definition) is 0. The third-order valence-electron chi connectivity index (χ3n) is 11.6. The van der Waals surface area contributed by atoms with Gasteiger partial charge in [0.2, 0.25) is 0 Å². The number of ketones is 1. The smallest absolute Gasteiger partial charge is 0.136 e. The van der Waals surface area contributed by atoms with E-state index in [0.717, 1.165) is 30.1 Å². The molecule has 0 heterocycles. The molecular formula is C29H50O. The lowest BCUT2D eigenvalue weighted by atomic mass is 9.44. The molecule has 1 unspecified atom stereocenters. The fourth-order valence-corrected chi connectivity index (χ4v) is 9.62. The Hall–Kier alpha value is -0.330. The molecule has 0 aliphatic heterocycles. The molecule has 1 nitrogen and oxygen atoms in total. The van der Waals surface area contributed by atoms with E-state index in [-0.39, 0.29) is 0 Å². The summed E-state index contributed by atoms with van der Waals surface area (Å²) in [7, 11) is 0. The highest BCUT2D eigenvalue weighted by molar-refractivity contribution is 5.83. The van der Waals surface area contributed by atoms with Gasteiger partial charge in [0.05, 0.1) is 0 Å². The van der Waals surface area contributed by atoms with E-state index in [1.165, 1.54) is 70.6 Å². The third kappa shape index (κ3) is 3.63. The van der Waals surface area contributed by atoms with Crippen LogP contribution < -0.4 is 0 Å². The van der Waals surface area contributed by atoms with Gasteiger partial charge in [-0.15, -0.1) is 0 Å². The molecule has 4 aliphatic rings. The van der Waals surface area contributed by atoms with Gasteiger partial charge in [0, 0.05) is 12.3 Å². The van der Waals surface area contributed by atoms with Crippen LogP contribution in [0.1, 0.15) is 119 Å². The normalized spacial score (nSPS) is 45.6. The van der Waals surface area contributed by atoms with Crippen LogP contribution in [0.2, 0.25) is 0 Å². The van der Waals surface area contributed by atoms with Gasteiger partial charge >= 0.3 is 0 Å². The van der Waals surface area contributed by atoms with Crippen molar-refractivity contribution in [2.45, 2.75) is 119 Å². The van der Waals surface area contributed by atoms with Gasteiger partial charge in [0.15, 0.2) is 0 Å². The lowest BCUT2D eigenvalue weighted by Gasteiger charge is -2.60. The zero-order valence-corrected chi connectivity index (χ0v) is 21.0. The molecular weight excluding hydrogens is 364 g/mol. The lowest BCUT2D eigenvalue weighted by molar-refractivity contribution is -0.156. The van der Waals surface area contributed by atoms with Gasteiger partial charge in [-0.05, 0) is 97.2 Å². The van der Waals surface area contributed by atoms with E-state index in [9.17, 15) is 4.79 Å². The monoisotopic (exact) mass is 414 g/mol. The number of hydrogen-bond acceptors (Lipinski definition) is 1. The van der Waals surface area contributed by atoms with E-state index in [1.54, 1.807) is 0 Å². The highest BCUT2D eigenvalue weighted by Gasteiger charge is 2.62. The fraction of sp³-hybridized carbons (Fsp3) is 0.966. The predicted molar refractivity (Wildman–Crippen MR) is 127 cm³/mol. The maximum Gasteiger partial charge on any atom is 0.136 e. The van der Waals surface area contributed by atoms with Crippen LogP contribution in [0.25, 0.3) is 0 Å². The Balaban J connectivity index is 1.50. The Kier molecular flexibility index (Phi) is 6.51. The number of carbonyl (C=O) groups excluding carboxylic acids is 1. The second kappa shape index (κ2) is 8.55. The van der Waals surface area contributed by atoms with Gasteiger partial charge < -0.3 is 0 Å². The third-order valence-corrected chi connectivity index (χ3v) is 11.6. The van der Waals surface area contributed by atoms with Gasteiger partial charge in [-0.2, -0.15) is 0 Å². The molecule has 0 aromatic rings. The molecule has 0 spiro atoms. The van der Waals surface area contributed by atoms with Crippen LogP contribution >= 0.6 is 0 Å². The Morgan fingerprint density at radius 3 is 2.33 bits per heavy atom. The van der Waals surface area contributed by atoms with Crippen molar-refractivity contribution in [1.82, 2.24) is 0 Å². The van der Waals surface area contributed by atoms with Crippen molar-refractivity contribution < 1.29 is 4.79 Å². The lowest BCUT2D eigenvalue weighted by Crippen LogP contribution is -2.56. The van der Waals surface area contributed by atoms with Gasteiger partial charge in [-0.3, -0.25) is 4.79 Å². The number of rotatable bonds is 6. The van der Waals surface area contributed by atoms with Gasteiger partial charge in [0.1, 0.15) is 5.78 Å². The quantitative estimate of drug-likeness (QED) is 0.427. The SMILES string of the molecule is CC[C@H](CC[C@@H](C)[C@H]1CC[C@H]2[C@@H]3C(=O)CC4CCCC[C@]4(C)[C@H]3CC[C@]12C)C(C)C. The largest absolute Gasteiger partial charge is 0.299 e. The van der Waals surface area contributed by atoms with Crippen molar-refractivity contribution in [2.24, 2.45) is 58.2 Å². The van der Waals surface area contributed by atoms with Crippen LogP contribution in [0.5, 0.6) is 0 Å². The van der Waals surface area contributed by atoms with Crippen molar-refractivity contribution in [3.05, 3.63) is 0 Å². The zero-order chi connectivity index (χ0) is 21.7. The molecule has 30 heavy (non-hydrogen) atoms. The molecule has 4 fully saturated rings. The molecule has 0 aromatic heterocycles. The highest BCUT2D eigenvalue weighted by atomic mass is 16.1. The molecule has 0 N–H and O–H groups in total. The van der Waals surface area contributed by atoms with E-state index in [2.05, 4.69) is 41.5 Å². The average molecular weight is 415 g/mol. The first kappa shape index (κ1) is 22.8. The van der Waals surface area contributed by atoms with Crippen LogP contribution in [0.3, 0.4) is 0 Å². The summed E-state index contributed by atoms with van der Waals surface area (Å²) < 4.78 is 0. The van der Waals surface area contributed by atoms with Crippen molar-refractivity contribution in [3.8, 4) is 0 Å². The van der Waals surface area contributed by atoms with Crippen LogP contribution in [0.15, 0.2) is 0 Å². The van der Waals surface area contributed by atoms with Gasteiger partial charge in [-0.1, -0.05) is 67.2 Å². The summed E-state index contributed by atoms with van der Waals surface area (Å²) in [5, 5.41) is 0. The molecule has 0 saturated heterocycles. The fourth-order valence-electron chi connectivity index (χ4n) is 9.62. The molecule has 0 bridgehead atoms. The molecule has 9 atom stereocenters. The van der Waals surface area contributed by atoms with Crippen LogP contribution in [0.4, 0.5) is 0 Å². The van der Waals surface area contributed by atoms with Crippen molar-refractivity contribution >= 4 is 5.78 Å². The minimum atomic E-state index is 0.402.